The second-order valence-electron chi connectivity index (χ2n) is 8.16. The summed E-state index contributed by atoms with van der Waals surface area (Å²) in [4.78, 5) is 12.4. The number of hydrogen-bond donors (Lipinski definition) is 3. The molecule has 0 aliphatic carbocycles. The van der Waals surface area contributed by atoms with Gasteiger partial charge in [-0.1, -0.05) is 72.8 Å². The van der Waals surface area contributed by atoms with E-state index >= 15 is 0 Å². The average molecular weight is 479 g/mol. The average Bonchev–Trinajstić information content (AvgIpc) is 2.89. The SMILES string of the molecule is COc1cccc(CNC[C@H](O)[C@H](Cc2ccccc2)NC(=O)OCCOCc2ccccc2)c1. The fraction of sp³-hybridized carbons (Fsp3) is 0.321. The molecule has 0 spiro atoms. The van der Waals surface area contributed by atoms with Crippen molar-refractivity contribution < 1.29 is 24.1 Å². The molecule has 3 N–H and O–H groups in total. The van der Waals surface area contributed by atoms with Gasteiger partial charge in [0, 0.05) is 13.1 Å². The van der Waals surface area contributed by atoms with E-state index in [-0.39, 0.29) is 13.2 Å². The zero-order chi connectivity index (χ0) is 24.7. The van der Waals surface area contributed by atoms with Gasteiger partial charge in [-0.3, -0.25) is 0 Å². The highest BCUT2D eigenvalue weighted by atomic mass is 16.6. The van der Waals surface area contributed by atoms with Crippen molar-refractivity contribution in [3.05, 3.63) is 102 Å². The highest BCUT2D eigenvalue weighted by Gasteiger charge is 2.22. The molecule has 0 heterocycles. The number of aliphatic hydroxyl groups excluding tert-OH is 1. The molecule has 0 fully saturated rings. The van der Waals surface area contributed by atoms with Crippen LogP contribution in [0.2, 0.25) is 0 Å². The molecule has 0 unspecified atom stereocenters. The largest absolute Gasteiger partial charge is 0.497 e. The van der Waals surface area contributed by atoms with Crippen molar-refractivity contribution in [3.8, 4) is 5.75 Å². The molecule has 0 saturated heterocycles. The number of carbonyl (C=O) groups is 1. The monoisotopic (exact) mass is 478 g/mol. The van der Waals surface area contributed by atoms with Gasteiger partial charge in [-0.15, -0.1) is 0 Å². The van der Waals surface area contributed by atoms with E-state index in [0.29, 0.717) is 26.1 Å². The smallest absolute Gasteiger partial charge is 0.407 e. The third kappa shape index (κ3) is 9.78. The standard InChI is InChI=1S/C28H34N2O5/c1-33-25-14-8-13-24(17-25)19-29-20-27(31)26(18-22-9-4-2-5-10-22)30-28(32)35-16-15-34-21-23-11-6-3-7-12-23/h2-14,17,26-27,29,31H,15-16,18-21H2,1H3,(H,30,32)/t26-,27-/m0/s1. The molecule has 0 aliphatic rings. The minimum absolute atomic E-state index is 0.126. The topological polar surface area (TPSA) is 89.1 Å². The Morgan fingerprint density at radius 2 is 1.57 bits per heavy atom. The second kappa shape index (κ2) is 14.8. The number of alkyl carbamates (subject to hydrolysis) is 1. The van der Waals surface area contributed by atoms with Crippen molar-refractivity contribution in [2.75, 3.05) is 26.9 Å². The van der Waals surface area contributed by atoms with E-state index in [0.717, 1.165) is 22.4 Å². The summed E-state index contributed by atoms with van der Waals surface area (Å²) >= 11 is 0. The summed E-state index contributed by atoms with van der Waals surface area (Å²) in [5.74, 6) is 0.781. The van der Waals surface area contributed by atoms with Crippen molar-refractivity contribution in [2.45, 2.75) is 31.7 Å². The van der Waals surface area contributed by atoms with Crippen molar-refractivity contribution in [1.29, 1.82) is 0 Å². The number of carbonyl (C=O) groups excluding carboxylic acids is 1. The molecular weight excluding hydrogens is 444 g/mol. The first-order valence-electron chi connectivity index (χ1n) is 11.7. The van der Waals surface area contributed by atoms with Crippen LogP contribution < -0.4 is 15.4 Å². The van der Waals surface area contributed by atoms with E-state index in [2.05, 4.69) is 10.6 Å². The molecule has 0 saturated carbocycles. The molecule has 7 nitrogen and oxygen atoms in total. The predicted octanol–water partition coefficient (Wildman–Crippen LogP) is 3.70. The van der Waals surface area contributed by atoms with Gasteiger partial charge in [-0.05, 0) is 35.2 Å². The quantitative estimate of drug-likeness (QED) is 0.306. The van der Waals surface area contributed by atoms with E-state index < -0.39 is 18.2 Å². The summed E-state index contributed by atoms with van der Waals surface area (Å²) in [7, 11) is 1.63. The van der Waals surface area contributed by atoms with Crippen LogP contribution in [0.4, 0.5) is 4.79 Å². The van der Waals surface area contributed by atoms with E-state index in [9.17, 15) is 9.90 Å². The molecule has 3 rings (SSSR count). The number of rotatable bonds is 14. The van der Waals surface area contributed by atoms with Crippen LogP contribution in [0.5, 0.6) is 5.75 Å². The maximum absolute atomic E-state index is 12.4. The fourth-order valence-corrected chi connectivity index (χ4v) is 3.59. The van der Waals surface area contributed by atoms with Gasteiger partial charge < -0.3 is 30.0 Å². The van der Waals surface area contributed by atoms with Crippen molar-refractivity contribution in [2.24, 2.45) is 0 Å². The summed E-state index contributed by atoms with van der Waals surface area (Å²) < 4.78 is 16.1. The fourth-order valence-electron chi connectivity index (χ4n) is 3.59. The van der Waals surface area contributed by atoms with Crippen LogP contribution in [0.25, 0.3) is 0 Å². The van der Waals surface area contributed by atoms with Crippen LogP contribution in [0.1, 0.15) is 16.7 Å². The molecule has 1 amide bonds. The van der Waals surface area contributed by atoms with Crippen molar-refractivity contribution in [1.82, 2.24) is 10.6 Å². The number of methoxy groups -OCH3 is 1. The van der Waals surface area contributed by atoms with Crippen molar-refractivity contribution >= 4 is 6.09 Å². The first-order chi connectivity index (χ1) is 17.1. The Morgan fingerprint density at radius 1 is 0.886 bits per heavy atom. The summed E-state index contributed by atoms with van der Waals surface area (Å²) in [5.41, 5.74) is 3.11. The van der Waals surface area contributed by atoms with Gasteiger partial charge in [-0.2, -0.15) is 0 Å². The molecule has 0 radical (unpaired) electrons. The zero-order valence-electron chi connectivity index (χ0n) is 20.1. The molecule has 35 heavy (non-hydrogen) atoms. The summed E-state index contributed by atoms with van der Waals surface area (Å²) in [5, 5.41) is 16.9. The number of amides is 1. The van der Waals surface area contributed by atoms with Gasteiger partial charge in [0.2, 0.25) is 0 Å². The third-order valence-electron chi connectivity index (χ3n) is 5.46. The first kappa shape index (κ1) is 26.2. The van der Waals surface area contributed by atoms with E-state index in [1.54, 1.807) is 7.11 Å². The Balaban J connectivity index is 1.46. The van der Waals surface area contributed by atoms with E-state index in [4.69, 9.17) is 14.2 Å². The molecule has 0 aromatic heterocycles. The van der Waals surface area contributed by atoms with Gasteiger partial charge >= 0.3 is 6.09 Å². The molecule has 3 aromatic rings. The van der Waals surface area contributed by atoms with Gasteiger partial charge in [0.1, 0.15) is 12.4 Å². The third-order valence-corrected chi connectivity index (χ3v) is 5.46. The molecule has 0 bridgehead atoms. The van der Waals surface area contributed by atoms with Crippen LogP contribution in [0.15, 0.2) is 84.9 Å². The van der Waals surface area contributed by atoms with Crippen molar-refractivity contribution in [3.63, 3.8) is 0 Å². The van der Waals surface area contributed by atoms with Gasteiger partial charge in [0.05, 0.1) is 32.5 Å². The summed E-state index contributed by atoms with van der Waals surface area (Å²) in [6.07, 6.45) is -0.925. The Hall–Kier alpha value is -3.39. The summed E-state index contributed by atoms with van der Waals surface area (Å²) in [6.45, 7) is 1.74. The lowest BCUT2D eigenvalue weighted by Crippen LogP contribution is -2.49. The van der Waals surface area contributed by atoms with Crippen LogP contribution in [0.3, 0.4) is 0 Å². The van der Waals surface area contributed by atoms with Gasteiger partial charge in [0.15, 0.2) is 0 Å². The highest BCUT2D eigenvalue weighted by molar-refractivity contribution is 5.67. The lowest BCUT2D eigenvalue weighted by atomic mass is 10.0. The number of aliphatic hydroxyl groups is 1. The van der Waals surface area contributed by atoms with Gasteiger partial charge in [-0.25, -0.2) is 4.79 Å². The Kier molecular flexibility index (Phi) is 11.1. The molecule has 3 aromatic carbocycles. The number of hydrogen-bond acceptors (Lipinski definition) is 6. The Morgan fingerprint density at radius 3 is 2.29 bits per heavy atom. The van der Waals surface area contributed by atoms with Crippen LogP contribution in [-0.4, -0.2) is 50.2 Å². The minimum atomic E-state index is -0.817. The van der Waals surface area contributed by atoms with E-state index in [1.807, 2.05) is 84.9 Å². The Bertz CT molecular complexity index is 1000. The Labute approximate surface area is 207 Å². The lowest BCUT2D eigenvalue weighted by molar-refractivity contribution is 0.0584. The molecule has 0 aliphatic heterocycles. The maximum atomic E-state index is 12.4. The highest BCUT2D eigenvalue weighted by Crippen LogP contribution is 2.12. The summed E-state index contributed by atoms with van der Waals surface area (Å²) in [6, 6.07) is 26.7. The van der Waals surface area contributed by atoms with Crippen LogP contribution in [0, 0.1) is 0 Å². The van der Waals surface area contributed by atoms with E-state index in [1.165, 1.54) is 0 Å². The maximum Gasteiger partial charge on any atom is 0.407 e. The van der Waals surface area contributed by atoms with Gasteiger partial charge in [0.25, 0.3) is 0 Å². The number of nitrogens with one attached hydrogen (secondary N) is 2. The molecule has 2 atom stereocenters. The first-order valence-corrected chi connectivity index (χ1v) is 11.7. The molecule has 7 heteroatoms. The second-order valence-corrected chi connectivity index (χ2v) is 8.16. The normalized spacial score (nSPS) is 12.5. The number of ether oxygens (including phenoxy) is 3. The van der Waals surface area contributed by atoms with Crippen LogP contribution >= 0.6 is 0 Å². The molecule has 186 valence electrons. The lowest BCUT2D eigenvalue weighted by Gasteiger charge is -2.24. The van der Waals surface area contributed by atoms with Crippen LogP contribution in [-0.2, 0) is 29.0 Å². The predicted molar refractivity (Wildman–Crippen MR) is 135 cm³/mol. The zero-order valence-corrected chi connectivity index (χ0v) is 20.1. The molecular formula is C28H34N2O5. The number of benzene rings is 3. The minimum Gasteiger partial charge on any atom is -0.497 e.